The smallest absolute Gasteiger partial charge is 0.147 e. The predicted molar refractivity (Wildman–Crippen MR) is 76.3 cm³/mol. The van der Waals surface area contributed by atoms with Crippen molar-refractivity contribution < 1.29 is 14.2 Å². The molecule has 19 heavy (non-hydrogen) atoms. The maximum Gasteiger partial charge on any atom is 0.147 e. The number of aliphatic hydroxyl groups excluding tert-OH is 1. The lowest BCUT2D eigenvalue weighted by atomic mass is 10.1. The second kappa shape index (κ2) is 5.90. The first-order valence-electron chi connectivity index (χ1n) is 5.58. The predicted octanol–water partition coefficient (Wildman–Crippen LogP) is 5.09. The van der Waals surface area contributed by atoms with Crippen LogP contribution >= 0.6 is 27.5 Å². The van der Waals surface area contributed by atoms with Gasteiger partial charge < -0.3 is 9.84 Å². The summed E-state index contributed by atoms with van der Waals surface area (Å²) in [4.78, 5) is 0. The second-order valence-corrected chi connectivity index (χ2v) is 5.33. The van der Waals surface area contributed by atoms with E-state index in [9.17, 15) is 9.50 Å². The summed E-state index contributed by atoms with van der Waals surface area (Å²) in [6.07, 6.45) is -0.970. The summed E-state index contributed by atoms with van der Waals surface area (Å²) in [5.74, 6) is 0.122. The van der Waals surface area contributed by atoms with Crippen molar-refractivity contribution in [1.82, 2.24) is 0 Å². The van der Waals surface area contributed by atoms with Gasteiger partial charge in [-0.25, -0.2) is 4.39 Å². The Hall–Kier alpha value is -1.10. The topological polar surface area (TPSA) is 29.5 Å². The molecular formula is C14H11BrClFO2. The fourth-order valence-electron chi connectivity index (χ4n) is 1.69. The van der Waals surface area contributed by atoms with Crippen LogP contribution in [0.25, 0.3) is 0 Å². The number of ether oxygens (including phenoxy) is 1. The summed E-state index contributed by atoms with van der Waals surface area (Å²) in [5, 5.41) is 10.0. The summed E-state index contributed by atoms with van der Waals surface area (Å²) >= 11 is 9.33. The molecule has 100 valence electrons. The average molecular weight is 346 g/mol. The quantitative estimate of drug-likeness (QED) is 0.840. The standard InChI is InChI=1S/C14H11BrClFO2/c1-8(18)14-11(17)3-2-4-12(14)19-13-7-9(15)5-6-10(13)16/h2-8,18H,1H3/t8-/m0/s1. The molecule has 0 aromatic heterocycles. The summed E-state index contributed by atoms with van der Waals surface area (Å²) in [6, 6.07) is 9.50. The van der Waals surface area contributed by atoms with Crippen molar-refractivity contribution in [2.75, 3.05) is 0 Å². The largest absolute Gasteiger partial charge is 0.455 e. The van der Waals surface area contributed by atoms with E-state index in [0.717, 1.165) is 4.47 Å². The van der Waals surface area contributed by atoms with Gasteiger partial charge in [-0.15, -0.1) is 0 Å². The number of hydrogen-bond donors (Lipinski definition) is 1. The molecule has 0 fully saturated rings. The fourth-order valence-corrected chi connectivity index (χ4v) is 2.18. The highest BCUT2D eigenvalue weighted by molar-refractivity contribution is 9.10. The first-order valence-corrected chi connectivity index (χ1v) is 6.75. The van der Waals surface area contributed by atoms with Crippen molar-refractivity contribution in [3.05, 3.63) is 57.3 Å². The van der Waals surface area contributed by atoms with E-state index in [1.165, 1.54) is 19.1 Å². The minimum atomic E-state index is -0.970. The lowest BCUT2D eigenvalue weighted by Crippen LogP contribution is -2.00. The van der Waals surface area contributed by atoms with Crippen LogP contribution < -0.4 is 4.74 Å². The molecule has 0 spiro atoms. The Morgan fingerprint density at radius 1 is 1.26 bits per heavy atom. The number of benzene rings is 2. The molecule has 0 aliphatic heterocycles. The number of halogens is 3. The summed E-state index contributed by atoms with van der Waals surface area (Å²) in [6.45, 7) is 1.48. The Bertz CT molecular complexity index is 602. The highest BCUT2D eigenvalue weighted by Gasteiger charge is 2.16. The van der Waals surface area contributed by atoms with Crippen LogP contribution in [0.4, 0.5) is 4.39 Å². The zero-order chi connectivity index (χ0) is 14.0. The van der Waals surface area contributed by atoms with Gasteiger partial charge in [0.1, 0.15) is 17.3 Å². The molecule has 1 atom stereocenters. The average Bonchev–Trinajstić information content (AvgIpc) is 2.33. The molecule has 2 rings (SSSR count). The van der Waals surface area contributed by atoms with Gasteiger partial charge in [-0.2, -0.15) is 0 Å². The van der Waals surface area contributed by atoms with Crippen molar-refractivity contribution in [2.45, 2.75) is 13.0 Å². The van der Waals surface area contributed by atoms with Crippen LogP contribution in [0.15, 0.2) is 40.9 Å². The second-order valence-electron chi connectivity index (χ2n) is 4.00. The Labute approximate surface area is 123 Å². The third-order valence-corrected chi connectivity index (χ3v) is 3.35. The molecular weight excluding hydrogens is 335 g/mol. The van der Waals surface area contributed by atoms with Gasteiger partial charge in [-0.3, -0.25) is 0 Å². The minimum Gasteiger partial charge on any atom is -0.455 e. The van der Waals surface area contributed by atoms with Gasteiger partial charge in [0.25, 0.3) is 0 Å². The fraction of sp³-hybridized carbons (Fsp3) is 0.143. The van der Waals surface area contributed by atoms with E-state index in [1.54, 1.807) is 24.3 Å². The van der Waals surface area contributed by atoms with Gasteiger partial charge in [0.05, 0.1) is 16.7 Å². The van der Waals surface area contributed by atoms with Crippen LogP contribution in [0.3, 0.4) is 0 Å². The number of hydrogen-bond acceptors (Lipinski definition) is 2. The molecule has 2 aromatic carbocycles. The van der Waals surface area contributed by atoms with E-state index in [2.05, 4.69) is 15.9 Å². The van der Waals surface area contributed by atoms with Gasteiger partial charge in [-0.05, 0) is 37.3 Å². The van der Waals surface area contributed by atoms with Gasteiger partial charge in [0.2, 0.25) is 0 Å². The molecule has 0 aliphatic carbocycles. The first kappa shape index (κ1) is 14.3. The van der Waals surface area contributed by atoms with Crippen LogP contribution in [0.5, 0.6) is 11.5 Å². The van der Waals surface area contributed by atoms with Gasteiger partial charge in [0.15, 0.2) is 0 Å². The van der Waals surface area contributed by atoms with Crippen molar-refractivity contribution in [3.63, 3.8) is 0 Å². The molecule has 2 nitrogen and oxygen atoms in total. The van der Waals surface area contributed by atoms with Crippen molar-refractivity contribution in [2.24, 2.45) is 0 Å². The monoisotopic (exact) mass is 344 g/mol. The molecule has 0 saturated heterocycles. The number of aliphatic hydroxyl groups is 1. The van der Waals surface area contributed by atoms with Crippen LogP contribution in [-0.2, 0) is 0 Å². The summed E-state index contributed by atoms with van der Waals surface area (Å²) in [5.41, 5.74) is 0.110. The van der Waals surface area contributed by atoms with Gasteiger partial charge in [0, 0.05) is 4.47 Å². The molecule has 2 aromatic rings. The molecule has 0 aliphatic rings. The van der Waals surface area contributed by atoms with Crippen LogP contribution in [0.2, 0.25) is 5.02 Å². The van der Waals surface area contributed by atoms with E-state index in [1.807, 2.05) is 0 Å². The Balaban J connectivity index is 2.44. The van der Waals surface area contributed by atoms with E-state index in [-0.39, 0.29) is 11.3 Å². The molecule has 5 heteroatoms. The van der Waals surface area contributed by atoms with Gasteiger partial charge in [-0.1, -0.05) is 33.6 Å². The maximum absolute atomic E-state index is 13.7. The molecule has 0 heterocycles. The van der Waals surface area contributed by atoms with E-state index in [0.29, 0.717) is 10.8 Å². The zero-order valence-corrected chi connectivity index (χ0v) is 12.4. The molecule has 1 N–H and O–H groups in total. The van der Waals surface area contributed by atoms with E-state index in [4.69, 9.17) is 16.3 Å². The number of rotatable bonds is 3. The van der Waals surface area contributed by atoms with Crippen molar-refractivity contribution in [3.8, 4) is 11.5 Å². The molecule has 0 saturated carbocycles. The summed E-state index contributed by atoms with van der Waals surface area (Å²) < 4.78 is 20.1. The SMILES string of the molecule is C[C@H](O)c1c(F)cccc1Oc1cc(Br)ccc1Cl. The highest BCUT2D eigenvalue weighted by Crippen LogP contribution is 2.36. The lowest BCUT2D eigenvalue weighted by molar-refractivity contribution is 0.190. The molecule has 0 bridgehead atoms. The Morgan fingerprint density at radius 3 is 2.68 bits per heavy atom. The molecule has 0 unspecified atom stereocenters. The zero-order valence-electron chi connectivity index (χ0n) is 10.0. The maximum atomic E-state index is 13.7. The van der Waals surface area contributed by atoms with E-state index >= 15 is 0 Å². The van der Waals surface area contributed by atoms with Gasteiger partial charge >= 0.3 is 0 Å². The Morgan fingerprint density at radius 2 is 2.00 bits per heavy atom. The van der Waals surface area contributed by atoms with Crippen molar-refractivity contribution >= 4 is 27.5 Å². The molecule has 0 radical (unpaired) electrons. The normalized spacial score (nSPS) is 12.3. The molecule has 0 amide bonds. The highest BCUT2D eigenvalue weighted by atomic mass is 79.9. The third kappa shape index (κ3) is 3.26. The Kier molecular flexibility index (Phi) is 4.45. The van der Waals surface area contributed by atoms with Crippen LogP contribution in [-0.4, -0.2) is 5.11 Å². The van der Waals surface area contributed by atoms with Crippen LogP contribution in [0.1, 0.15) is 18.6 Å². The first-order chi connectivity index (χ1) is 8.99. The van der Waals surface area contributed by atoms with E-state index < -0.39 is 11.9 Å². The van der Waals surface area contributed by atoms with Crippen molar-refractivity contribution in [1.29, 1.82) is 0 Å². The minimum absolute atomic E-state index is 0.110. The lowest BCUT2D eigenvalue weighted by Gasteiger charge is -2.14. The third-order valence-electron chi connectivity index (χ3n) is 2.54. The van der Waals surface area contributed by atoms with Crippen LogP contribution in [0, 0.1) is 5.82 Å². The summed E-state index contributed by atoms with van der Waals surface area (Å²) in [7, 11) is 0.